The fourth-order valence-electron chi connectivity index (χ4n) is 1.60. The van der Waals surface area contributed by atoms with Crippen LogP contribution in [-0.4, -0.2) is 21.4 Å². The maximum Gasteiger partial charge on any atom is 0.215 e. The summed E-state index contributed by atoms with van der Waals surface area (Å²) in [5.41, 5.74) is 1.98. The van der Waals surface area contributed by atoms with Crippen molar-refractivity contribution in [3.8, 4) is 11.7 Å². The van der Waals surface area contributed by atoms with Crippen LogP contribution in [-0.2, 0) is 0 Å². The van der Waals surface area contributed by atoms with Crippen LogP contribution in [0.5, 0.6) is 5.88 Å². The summed E-state index contributed by atoms with van der Waals surface area (Å²) in [7, 11) is 0. The van der Waals surface area contributed by atoms with E-state index in [9.17, 15) is 0 Å². The summed E-state index contributed by atoms with van der Waals surface area (Å²) in [6.45, 7) is 6.50. The van der Waals surface area contributed by atoms with E-state index in [1.807, 2.05) is 43.7 Å². The monoisotopic (exact) mass is 295 g/mol. The van der Waals surface area contributed by atoms with Gasteiger partial charge in [0, 0.05) is 6.07 Å². The highest BCUT2D eigenvalue weighted by Crippen LogP contribution is 2.22. The summed E-state index contributed by atoms with van der Waals surface area (Å²) in [5, 5.41) is 4.43. The third kappa shape index (κ3) is 2.34. The Morgan fingerprint density at radius 3 is 2.71 bits per heavy atom. The minimum absolute atomic E-state index is 0.608. The zero-order valence-corrected chi connectivity index (χ0v) is 11.7. The number of aromatic nitrogens is 3. The molecule has 0 atom stereocenters. The Kier molecular flexibility index (Phi) is 3.47. The molecule has 0 aliphatic heterocycles. The molecule has 90 valence electrons. The normalized spacial score (nSPS) is 10.6. The van der Waals surface area contributed by atoms with Gasteiger partial charge in [0.05, 0.1) is 22.5 Å². The highest BCUT2D eigenvalue weighted by molar-refractivity contribution is 9.10. The van der Waals surface area contributed by atoms with Gasteiger partial charge in [-0.2, -0.15) is 10.1 Å². The van der Waals surface area contributed by atoms with Crippen LogP contribution < -0.4 is 4.74 Å². The third-order valence-electron chi connectivity index (χ3n) is 2.42. The second kappa shape index (κ2) is 4.87. The lowest BCUT2D eigenvalue weighted by molar-refractivity contribution is 0.326. The Morgan fingerprint density at radius 2 is 2.12 bits per heavy atom. The van der Waals surface area contributed by atoms with Crippen molar-refractivity contribution in [2.24, 2.45) is 0 Å². The molecule has 2 heterocycles. The Morgan fingerprint density at radius 1 is 1.35 bits per heavy atom. The molecule has 2 aromatic rings. The van der Waals surface area contributed by atoms with Gasteiger partial charge in [0.1, 0.15) is 0 Å². The molecule has 0 saturated heterocycles. The molecule has 2 aromatic heterocycles. The summed E-state index contributed by atoms with van der Waals surface area (Å²) < 4.78 is 8.20. The van der Waals surface area contributed by atoms with Crippen LogP contribution in [0.3, 0.4) is 0 Å². The van der Waals surface area contributed by atoms with E-state index in [0.29, 0.717) is 12.5 Å². The number of nitrogens with zero attached hydrogens (tertiary/aromatic N) is 3. The largest absolute Gasteiger partial charge is 0.478 e. The van der Waals surface area contributed by atoms with Crippen molar-refractivity contribution in [3.63, 3.8) is 0 Å². The number of hydrogen-bond donors (Lipinski definition) is 0. The van der Waals surface area contributed by atoms with Crippen LogP contribution >= 0.6 is 15.9 Å². The molecule has 5 heteroatoms. The Bertz CT molecular complexity index is 537. The van der Waals surface area contributed by atoms with Crippen LogP contribution in [0, 0.1) is 13.8 Å². The molecular weight excluding hydrogens is 282 g/mol. The molecule has 0 unspecified atom stereocenters. The molecule has 4 nitrogen and oxygen atoms in total. The summed E-state index contributed by atoms with van der Waals surface area (Å²) >= 11 is 3.50. The number of rotatable bonds is 3. The van der Waals surface area contributed by atoms with E-state index in [1.54, 1.807) is 0 Å². The van der Waals surface area contributed by atoms with Gasteiger partial charge in [-0.1, -0.05) is 6.07 Å². The van der Waals surface area contributed by atoms with Gasteiger partial charge in [0.2, 0.25) is 5.88 Å². The van der Waals surface area contributed by atoms with Crippen molar-refractivity contribution in [3.05, 3.63) is 34.1 Å². The van der Waals surface area contributed by atoms with Crippen LogP contribution in [0.2, 0.25) is 0 Å². The summed E-state index contributed by atoms with van der Waals surface area (Å²) in [4.78, 5) is 4.41. The number of pyridine rings is 1. The third-order valence-corrected chi connectivity index (χ3v) is 3.57. The van der Waals surface area contributed by atoms with E-state index in [2.05, 4.69) is 26.0 Å². The van der Waals surface area contributed by atoms with Crippen molar-refractivity contribution >= 4 is 15.9 Å². The second-order valence-corrected chi connectivity index (χ2v) is 4.46. The average molecular weight is 296 g/mol. The molecule has 0 aliphatic rings. The fourth-order valence-corrected chi connectivity index (χ4v) is 1.84. The molecule has 0 spiro atoms. The molecule has 17 heavy (non-hydrogen) atoms. The smallest absolute Gasteiger partial charge is 0.215 e. The topological polar surface area (TPSA) is 39.9 Å². The van der Waals surface area contributed by atoms with Crippen LogP contribution in [0.1, 0.15) is 18.3 Å². The van der Waals surface area contributed by atoms with Gasteiger partial charge in [0.25, 0.3) is 0 Å². The minimum atomic E-state index is 0.608. The summed E-state index contributed by atoms with van der Waals surface area (Å²) in [5.74, 6) is 1.39. The number of hydrogen-bond acceptors (Lipinski definition) is 3. The van der Waals surface area contributed by atoms with E-state index >= 15 is 0 Å². The molecular formula is C12H14BrN3O. The molecule has 0 saturated carbocycles. The molecule has 0 N–H and O–H groups in total. The molecule has 0 aliphatic carbocycles. The van der Waals surface area contributed by atoms with Crippen LogP contribution in [0.4, 0.5) is 0 Å². The van der Waals surface area contributed by atoms with E-state index in [-0.39, 0.29) is 0 Å². The van der Waals surface area contributed by atoms with E-state index in [0.717, 1.165) is 21.7 Å². The summed E-state index contributed by atoms with van der Waals surface area (Å²) in [6.07, 6.45) is 0. The lowest BCUT2D eigenvalue weighted by Crippen LogP contribution is -2.03. The van der Waals surface area contributed by atoms with Crippen molar-refractivity contribution < 1.29 is 4.74 Å². The van der Waals surface area contributed by atoms with Crippen LogP contribution in [0.15, 0.2) is 22.7 Å². The number of ether oxygens (including phenoxy) is 1. The first-order valence-electron chi connectivity index (χ1n) is 5.45. The molecule has 0 amide bonds. The lowest BCUT2D eigenvalue weighted by Gasteiger charge is -2.06. The maximum atomic E-state index is 5.38. The predicted molar refractivity (Wildman–Crippen MR) is 69.7 cm³/mol. The fraction of sp³-hybridized carbons (Fsp3) is 0.333. The van der Waals surface area contributed by atoms with Gasteiger partial charge in [-0.25, -0.2) is 4.68 Å². The molecule has 0 aromatic carbocycles. The molecule has 2 rings (SSSR count). The van der Waals surface area contributed by atoms with Gasteiger partial charge < -0.3 is 4.74 Å². The van der Waals surface area contributed by atoms with Gasteiger partial charge in [-0.05, 0) is 42.8 Å². The molecule has 0 bridgehead atoms. The highest BCUT2D eigenvalue weighted by Gasteiger charge is 2.11. The van der Waals surface area contributed by atoms with Gasteiger partial charge >= 0.3 is 0 Å². The maximum absolute atomic E-state index is 5.38. The van der Waals surface area contributed by atoms with Gasteiger partial charge in [-0.3, -0.25) is 0 Å². The Hall–Kier alpha value is -1.36. The van der Waals surface area contributed by atoms with Gasteiger partial charge in [0.15, 0.2) is 5.82 Å². The first-order valence-corrected chi connectivity index (χ1v) is 6.24. The summed E-state index contributed by atoms with van der Waals surface area (Å²) in [6, 6.07) is 5.67. The van der Waals surface area contributed by atoms with Crippen LogP contribution in [0.25, 0.3) is 5.82 Å². The second-order valence-electron chi connectivity index (χ2n) is 3.66. The Labute approximate surface area is 109 Å². The van der Waals surface area contributed by atoms with Crippen molar-refractivity contribution in [1.82, 2.24) is 14.8 Å². The zero-order valence-electron chi connectivity index (χ0n) is 10.1. The van der Waals surface area contributed by atoms with E-state index in [1.165, 1.54) is 0 Å². The van der Waals surface area contributed by atoms with Gasteiger partial charge in [-0.15, -0.1) is 0 Å². The highest BCUT2D eigenvalue weighted by atomic mass is 79.9. The average Bonchev–Trinajstić information content (AvgIpc) is 2.58. The minimum Gasteiger partial charge on any atom is -0.478 e. The van der Waals surface area contributed by atoms with Crippen molar-refractivity contribution in [2.45, 2.75) is 20.8 Å². The Balaban J connectivity index is 2.45. The molecule has 0 radical (unpaired) electrons. The lowest BCUT2D eigenvalue weighted by atomic mass is 10.4. The standard InChI is InChI=1S/C12H14BrN3O/c1-4-17-11-7-5-6-10(14-11)16-9(3)12(13)8(2)15-16/h5-7H,4H2,1-3H3. The quantitative estimate of drug-likeness (QED) is 0.874. The SMILES string of the molecule is CCOc1cccc(-n2nc(C)c(Br)c2C)n1. The first-order chi connectivity index (χ1) is 8.13. The van der Waals surface area contributed by atoms with Crippen molar-refractivity contribution in [1.29, 1.82) is 0 Å². The first kappa shape index (κ1) is 12.1. The van der Waals surface area contributed by atoms with E-state index < -0.39 is 0 Å². The number of aryl methyl sites for hydroxylation is 1. The number of halogens is 1. The van der Waals surface area contributed by atoms with E-state index in [4.69, 9.17) is 4.74 Å². The molecule has 0 fully saturated rings. The van der Waals surface area contributed by atoms with Crippen molar-refractivity contribution in [2.75, 3.05) is 6.61 Å². The predicted octanol–water partition coefficient (Wildman–Crippen LogP) is 3.05. The zero-order chi connectivity index (χ0) is 12.4.